The van der Waals surface area contributed by atoms with Gasteiger partial charge in [0.1, 0.15) is 12.3 Å². The van der Waals surface area contributed by atoms with Gasteiger partial charge in [0.15, 0.2) is 4.80 Å². The van der Waals surface area contributed by atoms with Crippen LogP contribution in [0.1, 0.15) is 42.3 Å². The van der Waals surface area contributed by atoms with E-state index in [0.717, 1.165) is 27.7 Å². The van der Waals surface area contributed by atoms with Crippen molar-refractivity contribution in [2.75, 3.05) is 20.3 Å². The standard InChI is InChI=1S/C36H33N3O6S/c1-5-44-30(40)21-38-22(3)27(26-14-10-11-15-28(26)38)20-29-34(41)39-33(24-16-18-25(43-4)19-17-24)31(35(42)45-6-2)32(37-36(39)46-29)23-12-8-7-9-13-23/h7-20,33H,5-6,21H2,1-4H3/b29-20-/t33-/m1/s1. The van der Waals surface area contributed by atoms with Gasteiger partial charge < -0.3 is 18.8 Å². The Hall–Kier alpha value is -5.22. The number of hydrogen-bond acceptors (Lipinski definition) is 8. The van der Waals surface area contributed by atoms with Crippen molar-refractivity contribution in [3.8, 4) is 5.75 Å². The molecule has 234 valence electrons. The Kier molecular flexibility index (Phi) is 8.72. The van der Waals surface area contributed by atoms with Crippen LogP contribution in [0.3, 0.4) is 0 Å². The van der Waals surface area contributed by atoms with Crippen LogP contribution >= 0.6 is 11.3 Å². The molecule has 0 N–H and O–H groups in total. The molecule has 0 saturated heterocycles. The predicted molar refractivity (Wildman–Crippen MR) is 177 cm³/mol. The quantitative estimate of drug-likeness (QED) is 0.217. The summed E-state index contributed by atoms with van der Waals surface area (Å²) in [6, 6.07) is 23.7. The molecule has 46 heavy (non-hydrogen) atoms. The van der Waals surface area contributed by atoms with E-state index in [2.05, 4.69) is 0 Å². The lowest BCUT2D eigenvalue weighted by Crippen LogP contribution is -2.40. The van der Waals surface area contributed by atoms with E-state index in [-0.39, 0.29) is 30.3 Å². The summed E-state index contributed by atoms with van der Waals surface area (Å²) in [6.45, 7) is 5.96. The fourth-order valence-corrected chi connectivity index (χ4v) is 6.84. The minimum atomic E-state index is -0.801. The molecule has 0 unspecified atom stereocenters. The highest BCUT2D eigenvalue weighted by Gasteiger charge is 2.35. The molecule has 1 atom stereocenters. The fourth-order valence-electron chi connectivity index (χ4n) is 5.85. The Labute approximate surface area is 269 Å². The second-order valence-electron chi connectivity index (χ2n) is 10.6. The number of fused-ring (bicyclic) bond motifs is 2. The van der Waals surface area contributed by atoms with Gasteiger partial charge in [0, 0.05) is 27.7 Å². The Balaban J connectivity index is 1.62. The Bertz CT molecular complexity index is 2160. The summed E-state index contributed by atoms with van der Waals surface area (Å²) in [6.07, 6.45) is 1.85. The first-order chi connectivity index (χ1) is 22.4. The highest BCUT2D eigenvalue weighted by Crippen LogP contribution is 2.36. The van der Waals surface area contributed by atoms with Crippen LogP contribution in [0, 0.1) is 6.92 Å². The minimum absolute atomic E-state index is 0.0517. The van der Waals surface area contributed by atoms with Gasteiger partial charge in [-0.15, -0.1) is 0 Å². The van der Waals surface area contributed by atoms with Crippen LogP contribution in [0.25, 0.3) is 22.7 Å². The topological polar surface area (TPSA) is 101 Å². The van der Waals surface area contributed by atoms with Gasteiger partial charge in [-0.2, -0.15) is 0 Å². The van der Waals surface area contributed by atoms with Gasteiger partial charge in [0.2, 0.25) is 0 Å². The number of hydrogen-bond donors (Lipinski definition) is 0. The molecule has 0 aliphatic carbocycles. The molecule has 6 rings (SSSR count). The molecule has 1 aliphatic heterocycles. The van der Waals surface area contributed by atoms with Crippen LogP contribution in [-0.2, 0) is 25.6 Å². The molecular weight excluding hydrogens is 602 g/mol. The van der Waals surface area contributed by atoms with Crippen LogP contribution in [0.2, 0.25) is 0 Å². The molecule has 3 heterocycles. The second-order valence-corrected chi connectivity index (χ2v) is 11.6. The summed E-state index contributed by atoms with van der Waals surface area (Å²) in [5.41, 5.74) is 4.39. The third-order valence-electron chi connectivity index (χ3n) is 7.95. The van der Waals surface area contributed by atoms with E-state index in [0.29, 0.717) is 33.0 Å². The van der Waals surface area contributed by atoms with E-state index in [1.165, 1.54) is 11.3 Å². The number of nitrogens with zero attached hydrogens (tertiary/aromatic N) is 3. The zero-order chi connectivity index (χ0) is 32.4. The second kappa shape index (κ2) is 13.0. The largest absolute Gasteiger partial charge is 0.497 e. The maximum Gasteiger partial charge on any atom is 0.338 e. The number of esters is 2. The lowest BCUT2D eigenvalue weighted by Gasteiger charge is -2.26. The highest BCUT2D eigenvalue weighted by atomic mass is 32.1. The molecule has 0 fully saturated rings. The maximum absolute atomic E-state index is 14.4. The van der Waals surface area contributed by atoms with Crippen LogP contribution < -0.4 is 19.6 Å². The van der Waals surface area contributed by atoms with Crippen LogP contribution in [-0.4, -0.2) is 41.4 Å². The molecule has 0 spiro atoms. The first-order valence-electron chi connectivity index (χ1n) is 15.0. The molecule has 0 radical (unpaired) electrons. The van der Waals surface area contributed by atoms with Gasteiger partial charge in [0.05, 0.1) is 42.2 Å². The van der Waals surface area contributed by atoms with Crippen molar-refractivity contribution in [2.45, 2.75) is 33.4 Å². The van der Waals surface area contributed by atoms with E-state index in [4.69, 9.17) is 19.2 Å². The van der Waals surface area contributed by atoms with E-state index in [1.54, 1.807) is 37.7 Å². The SMILES string of the molecule is CCOC(=O)Cn1c(C)c(/C=c2\sc3n(c2=O)[C@H](c2ccc(OC)cc2)C(C(=O)OCC)=C(c2ccccc2)N=3)c2ccccc21. The minimum Gasteiger partial charge on any atom is -0.497 e. The first kappa shape index (κ1) is 30.8. The zero-order valence-corrected chi connectivity index (χ0v) is 26.8. The summed E-state index contributed by atoms with van der Waals surface area (Å²) < 4.78 is 20.1. The van der Waals surface area contributed by atoms with Crippen molar-refractivity contribution >= 4 is 46.0 Å². The molecule has 0 amide bonds. The van der Waals surface area contributed by atoms with E-state index >= 15 is 0 Å². The molecule has 0 bridgehead atoms. The molecule has 0 saturated carbocycles. The summed E-state index contributed by atoms with van der Waals surface area (Å²) in [4.78, 5) is 46.0. The van der Waals surface area contributed by atoms with Gasteiger partial charge >= 0.3 is 11.9 Å². The van der Waals surface area contributed by atoms with Gasteiger partial charge in [-0.1, -0.05) is 72.0 Å². The monoisotopic (exact) mass is 635 g/mol. The molecule has 10 heteroatoms. The number of benzene rings is 3. The van der Waals surface area contributed by atoms with E-state index in [9.17, 15) is 14.4 Å². The summed E-state index contributed by atoms with van der Waals surface area (Å²) in [5.74, 6) is -0.231. The van der Waals surface area contributed by atoms with Crippen LogP contribution in [0.15, 0.2) is 94.2 Å². The van der Waals surface area contributed by atoms with Crippen molar-refractivity contribution in [1.29, 1.82) is 0 Å². The molecule has 5 aromatic rings. The Morgan fingerprint density at radius 2 is 1.63 bits per heavy atom. The van der Waals surface area contributed by atoms with Gasteiger partial charge in [-0.3, -0.25) is 14.2 Å². The number of carbonyl (C=O) groups excluding carboxylic acids is 2. The Morgan fingerprint density at radius 1 is 0.935 bits per heavy atom. The van der Waals surface area contributed by atoms with Crippen molar-refractivity contribution in [1.82, 2.24) is 9.13 Å². The molecular formula is C36H33N3O6S. The van der Waals surface area contributed by atoms with Crippen LogP contribution in [0.5, 0.6) is 5.75 Å². The van der Waals surface area contributed by atoms with E-state index in [1.807, 2.05) is 84.3 Å². The lowest BCUT2D eigenvalue weighted by molar-refractivity contribution is -0.143. The predicted octanol–water partition coefficient (Wildman–Crippen LogP) is 4.77. The highest BCUT2D eigenvalue weighted by molar-refractivity contribution is 7.07. The normalized spacial score (nSPS) is 14.6. The van der Waals surface area contributed by atoms with Gasteiger partial charge in [0.25, 0.3) is 5.56 Å². The van der Waals surface area contributed by atoms with Gasteiger partial charge in [-0.05, 0) is 50.6 Å². The van der Waals surface area contributed by atoms with Crippen molar-refractivity contribution in [2.24, 2.45) is 4.99 Å². The molecule has 1 aliphatic rings. The first-order valence-corrected chi connectivity index (χ1v) is 15.8. The molecule has 3 aromatic carbocycles. The zero-order valence-electron chi connectivity index (χ0n) is 26.0. The summed E-state index contributed by atoms with van der Waals surface area (Å²) >= 11 is 1.25. The van der Waals surface area contributed by atoms with Gasteiger partial charge in [-0.25, -0.2) is 9.79 Å². The smallest absolute Gasteiger partial charge is 0.338 e. The van der Waals surface area contributed by atoms with Crippen molar-refractivity contribution in [3.05, 3.63) is 127 Å². The average Bonchev–Trinajstić information content (AvgIpc) is 3.53. The fraction of sp³-hybridized carbons (Fsp3) is 0.222. The lowest BCUT2D eigenvalue weighted by atomic mass is 9.93. The Morgan fingerprint density at radius 3 is 2.33 bits per heavy atom. The summed E-state index contributed by atoms with van der Waals surface area (Å²) in [7, 11) is 1.58. The number of methoxy groups -OCH3 is 1. The average molecular weight is 636 g/mol. The number of rotatable bonds is 9. The molecule has 9 nitrogen and oxygen atoms in total. The van der Waals surface area contributed by atoms with Crippen molar-refractivity contribution in [3.63, 3.8) is 0 Å². The molecule has 2 aromatic heterocycles. The number of thiazole rings is 1. The maximum atomic E-state index is 14.4. The number of aromatic nitrogens is 2. The number of para-hydroxylation sites is 1. The third-order valence-corrected chi connectivity index (χ3v) is 8.94. The van der Waals surface area contributed by atoms with Crippen molar-refractivity contribution < 1.29 is 23.8 Å². The van der Waals surface area contributed by atoms with Crippen LogP contribution in [0.4, 0.5) is 0 Å². The third kappa shape index (κ3) is 5.56. The summed E-state index contributed by atoms with van der Waals surface area (Å²) in [5, 5.41) is 0.902. The van der Waals surface area contributed by atoms with E-state index < -0.39 is 12.0 Å². The number of carbonyl (C=O) groups is 2. The number of ether oxygens (including phenoxy) is 3.